The van der Waals surface area contributed by atoms with Crippen LogP contribution in [-0.2, 0) is 19.3 Å². The number of nitrogens with zero attached hydrogens (tertiary/aromatic N) is 6. The zero-order chi connectivity index (χ0) is 76.4. The third kappa shape index (κ3) is 23.9. The molecule has 0 spiro atoms. The normalized spacial score (nSPS) is 10.4. The lowest BCUT2D eigenvalue weighted by atomic mass is 9.99. The smallest absolute Gasteiger partial charge is 0.134 e. The average molecular weight is 1440 g/mol. The third-order valence-electron chi connectivity index (χ3n) is 18.6. The van der Waals surface area contributed by atoms with E-state index in [1.165, 1.54) is 55.4 Å². The molecule has 0 atom stereocenters. The highest BCUT2D eigenvalue weighted by atomic mass is 19.1. The fourth-order valence-electron chi connectivity index (χ4n) is 12.4. The van der Waals surface area contributed by atoms with E-state index >= 15 is 0 Å². The van der Waals surface area contributed by atoms with Gasteiger partial charge in [0.1, 0.15) is 40.5 Å². The first kappa shape index (κ1) is 78.3. The van der Waals surface area contributed by atoms with Gasteiger partial charge in [-0.05, 0) is 240 Å². The summed E-state index contributed by atoms with van der Waals surface area (Å²) in [5.74, 6) is 0.562. The molecule has 540 valence electrons. The van der Waals surface area contributed by atoms with Gasteiger partial charge in [0, 0.05) is 34.4 Å². The van der Waals surface area contributed by atoms with Crippen LogP contribution in [0.5, 0.6) is 17.2 Å². The van der Waals surface area contributed by atoms with E-state index < -0.39 is 0 Å². The SMILES string of the molecule is N#Cc1ccc(-c2ccc(CCCCCCCCOc3ccc(-c4ccc(C#N)cc4)cc3)cc2)cc1.N#Cc1ccc(-c2ccc(CCCCCCOc3ccc(-c4ccc(C#N)cc4)c(F)c3)cc2F)cc1.N#Cc1ccc(-c2ccc(CCCCOc3ccc(-c4ccc(C#N)cc4)c(F)c3)cc2F)cc1. The van der Waals surface area contributed by atoms with Crippen LogP contribution in [-0.4, -0.2) is 19.8 Å². The second-order valence-corrected chi connectivity index (χ2v) is 26.3. The average Bonchev–Trinajstić information content (AvgIpc) is 0.843. The molecule has 9 nitrogen and oxygen atoms in total. The van der Waals surface area contributed by atoms with Crippen LogP contribution >= 0.6 is 0 Å². The van der Waals surface area contributed by atoms with E-state index in [1.54, 1.807) is 146 Å². The Morgan fingerprint density at radius 1 is 0.202 bits per heavy atom. The predicted octanol–water partition coefficient (Wildman–Crippen LogP) is 24.4. The minimum Gasteiger partial charge on any atom is -0.494 e. The Kier molecular flexibility index (Phi) is 29.7. The predicted molar refractivity (Wildman–Crippen MR) is 422 cm³/mol. The zero-order valence-electron chi connectivity index (χ0n) is 60.6. The molecule has 0 aromatic heterocycles. The topological polar surface area (TPSA) is 170 Å². The molecule has 0 saturated carbocycles. The maximum Gasteiger partial charge on any atom is 0.134 e. The molecule has 0 aliphatic carbocycles. The van der Waals surface area contributed by atoms with Crippen LogP contribution in [0.1, 0.15) is 127 Å². The van der Waals surface area contributed by atoms with Gasteiger partial charge in [0.25, 0.3) is 0 Å². The van der Waals surface area contributed by atoms with Crippen molar-refractivity contribution in [2.24, 2.45) is 0 Å². The summed E-state index contributed by atoms with van der Waals surface area (Å²) in [6, 6.07) is 92.4. The lowest BCUT2D eigenvalue weighted by Gasteiger charge is -2.10. The standard InChI is InChI=1S/C34H32N2O.C32H26F2N2O.C30H22F2N2O/c35-25-28-10-16-31(17-11-28)30-14-8-27(9-15-30)7-5-3-1-2-4-6-24-37-34-22-20-33(21-23-34)32-18-12-29(26-36)13-19-32;33-31-19-23(10-16-29(31)26-11-6-24(21-35)7-12-26)5-3-1-2-4-18-37-28-15-17-30(32(34)20-28)27-13-8-25(22-36)9-14-27;31-29-17-21(8-14-27(29)24-9-4-22(19-33)5-10-24)3-1-2-16-35-26-13-15-28(30(32)18-26)25-11-6-23(20-34)7-12-25/h8-23H,1-7,24H2;6-17,19-20H,1-5,18H2;4-15,17-18H,1-3,16H2. The van der Waals surface area contributed by atoms with Crippen molar-refractivity contribution in [2.75, 3.05) is 19.8 Å². The fourth-order valence-corrected chi connectivity index (χ4v) is 12.4. The highest BCUT2D eigenvalue weighted by Gasteiger charge is 2.13. The Balaban J connectivity index is 0.000000174. The quantitative estimate of drug-likeness (QED) is 0.0314. The van der Waals surface area contributed by atoms with E-state index in [9.17, 15) is 17.6 Å². The van der Waals surface area contributed by atoms with Crippen molar-refractivity contribution in [3.63, 3.8) is 0 Å². The van der Waals surface area contributed by atoms with Crippen molar-refractivity contribution in [1.29, 1.82) is 31.6 Å². The number of rotatable bonds is 30. The van der Waals surface area contributed by atoms with Crippen molar-refractivity contribution < 1.29 is 31.8 Å². The summed E-state index contributed by atoms with van der Waals surface area (Å²) in [7, 11) is 0. The summed E-state index contributed by atoms with van der Waals surface area (Å²) >= 11 is 0. The van der Waals surface area contributed by atoms with Crippen LogP contribution in [0.2, 0.25) is 0 Å². The maximum atomic E-state index is 14.6. The second-order valence-electron chi connectivity index (χ2n) is 26.3. The van der Waals surface area contributed by atoms with Crippen LogP contribution < -0.4 is 14.2 Å². The van der Waals surface area contributed by atoms with Crippen LogP contribution in [0.25, 0.3) is 66.8 Å². The molecule has 0 radical (unpaired) electrons. The molecule has 12 aromatic rings. The third-order valence-corrected chi connectivity index (χ3v) is 18.6. The molecule has 0 fully saturated rings. The lowest BCUT2D eigenvalue weighted by molar-refractivity contribution is 0.303. The van der Waals surface area contributed by atoms with Crippen molar-refractivity contribution in [1.82, 2.24) is 0 Å². The van der Waals surface area contributed by atoms with Gasteiger partial charge in [-0.1, -0.05) is 172 Å². The zero-order valence-corrected chi connectivity index (χ0v) is 60.6. The van der Waals surface area contributed by atoms with Crippen LogP contribution in [0.15, 0.2) is 267 Å². The minimum absolute atomic E-state index is 0.256. The number of ether oxygens (including phenoxy) is 3. The molecule has 0 heterocycles. The highest BCUT2D eigenvalue weighted by molar-refractivity contribution is 5.70. The van der Waals surface area contributed by atoms with Gasteiger partial charge in [0.15, 0.2) is 0 Å². The molecular formula is C96H80F4N6O3. The highest BCUT2D eigenvalue weighted by Crippen LogP contribution is 2.32. The van der Waals surface area contributed by atoms with Gasteiger partial charge >= 0.3 is 0 Å². The summed E-state index contributed by atoms with van der Waals surface area (Å²) in [5, 5.41) is 53.5. The van der Waals surface area contributed by atoms with E-state index in [0.29, 0.717) is 97.9 Å². The van der Waals surface area contributed by atoms with Gasteiger partial charge < -0.3 is 14.2 Å². The summed E-state index contributed by atoms with van der Waals surface area (Å²) in [6.45, 7) is 1.69. The first-order valence-electron chi connectivity index (χ1n) is 36.7. The first-order chi connectivity index (χ1) is 53.4. The monoisotopic (exact) mass is 1440 g/mol. The molecule has 0 bridgehead atoms. The molecule has 12 aromatic carbocycles. The number of benzene rings is 12. The summed E-state index contributed by atoms with van der Waals surface area (Å²) in [5.41, 5.74) is 16.2. The van der Waals surface area contributed by atoms with Crippen molar-refractivity contribution >= 4 is 0 Å². The fraction of sp³-hybridized carbons (Fsp3) is 0.188. The molecule has 12 rings (SSSR count). The van der Waals surface area contributed by atoms with Gasteiger partial charge in [-0.3, -0.25) is 0 Å². The number of hydrogen-bond acceptors (Lipinski definition) is 9. The second kappa shape index (κ2) is 41.4. The van der Waals surface area contributed by atoms with Crippen LogP contribution in [0.4, 0.5) is 17.6 Å². The lowest BCUT2D eigenvalue weighted by Crippen LogP contribution is -1.99. The maximum absolute atomic E-state index is 14.6. The van der Waals surface area contributed by atoms with Gasteiger partial charge in [-0.15, -0.1) is 0 Å². The summed E-state index contributed by atoms with van der Waals surface area (Å²) in [6.07, 6.45) is 15.2. The van der Waals surface area contributed by atoms with E-state index in [4.69, 9.17) is 45.8 Å². The van der Waals surface area contributed by atoms with Crippen molar-refractivity contribution in [3.05, 3.63) is 340 Å². The van der Waals surface area contributed by atoms with E-state index in [1.807, 2.05) is 78.9 Å². The molecule has 109 heavy (non-hydrogen) atoms. The van der Waals surface area contributed by atoms with Gasteiger partial charge in [-0.2, -0.15) is 31.6 Å². The Morgan fingerprint density at radius 2 is 0.413 bits per heavy atom. The Labute approximate surface area is 636 Å². The van der Waals surface area contributed by atoms with Gasteiger partial charge in [0.2, 0.25) is 0 Å². The van der Waals surface area contributed by atoms with Crippen molar-refractivity contribution in [3.8, 4) is 120 Å². The Morgan fingerprint density at radius 3 is 0.716 bits per heavy atom. The number of nitriles is 6. The summed E-state index contributed by atoms with van der Waals surface area (Å²) in [4.78, 5) is 0. The van der Waals surface area contributed by atoms with Gasteiger partial charge in [0.05, 0.1) is 89.6 Å². The van der Waals surface area contributed by atoms with Crippen LogP contribution in [0.3, 0.4) is 0 Å². The summed E-state index contributed by atoms with van der Waals surface area (Å²) < 4.78 is 75.6. The van der Waals surface area contributed by atoms with E-state index in [0.717, 1.165) is 109 Å². The Bertz CT molecular complexity index is 4880. The van der Waals surface area contributed by atoms with Crippen LogP contribution in [0, 0.1) is 91.3 Å². The van der Waals surface area contributed by atoms with E-state index in [-0.39, 0.29) is 23.3 Å². The van der Waals surface area contributed by atoms with Gasteiger partial charge in [-0.25, -0.2) is 17.6 Å². The molecule has 0 unspecified atom stereocenters. The largest absolute Gasteiger partial charge is 0.494 e. The molecule has 0 saturated heterocycles. The Hall–Kier alpha value is -13.3. The molecule has 0 N–H and O–H groups in total. The molecule has 0 amide bonds. The first-order valence-corrected chi connectivity index (χ1v) is 36.7. The van der Waals surface area contributed by atoms with Crippen molar-refractivity contribution in [2.45, 2.75) is 96.3 Å². The number of halogens is 4. The number of hydrogen-bond donors (Lipinski definition) is 0. The minimum atomic E-state index is -0.384. The molecule has 0 aliphatic rings. The number of unbranched alkanes of at least 4 members (excludes halogenated alkanes) is 9. The molecule has 13 heteroatoms. The molecule has 0 aliphatic heterocycles. The number of aryl methyl sites for hydroxylation is 3. The van der Waals surface area contributed by atoms with E-state index in [2.05, 4.69) is 66.7 Å². The molecular weight excluding hydrogens is 1360 g/mol.